The van der Waals surface area contributed by atoms with Gasteiger partial charge in [-0.1, -0.05) is 18.2 Å². The van der Waals surface area contributed by atoms with Gasteiger partial charge >= 0.3 is 0 Å². The molecule has 0 aliphatic rings. The van der Waals surface area contributed by atoms with E-state index < -0.39 is 0 Å². The maximum absolute atomic E-state index is 3.33. The van der Waals surface area contributed by atoms with E-state index in [2.05, 4.69) is 37.5 Å². The molecule has 0 aliphatic carbocycles. The summed E-state index contributed by atoms with van der Waals surface area (Å²) in [6.45, 7) is 5.18. The van der Waals surface area contributed by atoms with Gasteiger partial charge in [-0.05, 0) is 42.7 Å². The zero-order chi connectivity index (χ0) is 10.7. The molecular weight excluding hydrogens is 184 g/mol. The zero-order valence-electron chi connectivity index (χ0n) is 9.20. The number of aromatic nitrogens is 1. The monoisotopic (exact) mass is 200 g/mol. The van der Waals surface area contributed by atoms with Crippen LogP contribution in [0.3, 0.4) is 0 Å². The lowest BCUT2D eigenvalue weighted by atomic mass is 10.0. The Labute approximate surface area is 90.5 Å². The van der Waals surface area contributed by atoms with Crippen LogP contribution in [0.4, 0.5) is 0 Å². The predicted molar refractivity (Wildman–Crippen MR) is 63.4 cm³/mol. The van der Waals surface area contributed by atoms with E-state index in [1.165, 1.54) is 16.7 Å². The largest absolute Gasteiger partial charge is 0.322 e. The molecule has 0 fully saturated rings. The molecule has 1 aromatic heterocycles. The number of benzene rings is 1. The third-order valence-corrected chi connectivity index (χ3v) is 2.77. The zero-order valence-corrected chi connectivity index (χ0v) is 9.20. The summed E-state index contributed by atoms with van der Waals surface area (Å²) < 4.78 is 1.97. The molecule has 1 N–H and O–H groups in total. The maximum Gasteiger partial charge on any atom is 0.0566 e. The van der Waals surface area contributed by atoms with Gasteiger partial charge in [0.2, 0.25) is 0 Å². The van der Waals surface area contributed by atoms with Gasteiger partial charge in [-0.15, -0.1) is 0 Å². The Kier molecular flexibility index (Phi) is 2.77. The van der Waals surface area contributed by atoms with Crippen molar-refractivity contribution in [3.63, 3.8) is 0 Å². The summed E-state index contributed by atoms with van der Waals surface area (Å²) in [6.07, 6.45) is 4.01. The lowest BCUT2D eigenvalue weighted by molar-refractivity contribution is 0.842. The van der Waals surface area contributed by atoms with Gasteiger partial charge in [0.1, 0.15) is 0 Å². The third kappa shape index (κ3) is 2.21. The summed E-state index contributed by atoms with van der Waals surface area (Å²) in [5.74, 6) is 0. The van der Waals surface area contributed by atoms with E-state index in [0.717, 1.165) is 6.54 Å². The molecule has 78 valence electrons. The van der Waals surface area contributed by atoms with Crippen molar-refractivity contribution in [2.45, 2.75) is 20.4 Å². The van der Waals surface area contributed by atoms with Crippen molar-refractivity contribution in [1.82, 2.24) is 4.68 Å². The first-order valence-corrected chi connectivity index (χ1v) is 5.19. The molecule has 0 unspecified atom stereocenters. The minimum Gasteiger partial charge on any atom is -0.322 e. The van der Waals surface area contributed by atoms with Gasteiger partial charge in [-0.2, -0.15) is 0 Å². The fourth-order valence-electron chi connectivity index (χ4n) is 1.62. The molecular formula is C13H16N2. The van der Waals surface area contributed by atoms with E-state index >= 15 is 0 Å². The molecule has 0 spiro atoms. The minimum absolute atomic E-state index is 0.863. The summed E-state index contributed by atoms with van der Waals surface area (Å²) in [4.78, 5) is 0. The second-order valence-corrected chi connectivity index (χ2v) is 3.78. The lowest BCUT2D eigenvalue weighted by Crippen LogP contribution is -2.12. The molecule has 1 aromatic carbocycles. The molecule has 0 amide bonds. The molecule has 1 heterocycles. The normalized spacial score (nSPS) is 10.3. The fraction of sp³-hybridized carbons (Fsp3) is 0.231. The fourth-order valence-corrected chi connectivity index (χ4v) is 1.62. The van der Waals surface area contributed by atoms with Gasteiger partial charge in [-0.3, -0.25) is 4.68 Å². The van der Waals surface area contributed by atoms with Crippen LogP contribution in [0.2, 0.25) is 0 Å². The van der Waals surface area contributed by atoms with E-state index in [9.17, 15) is 0 Å². The second-order valence-electron chi connectivity index (χ2n) is 3.78. The molecule has 0 radical (unpaired) electrons. The van der Waals surface area contributed by atoms with Gasteiger partial charge < -0.3 is 5.43 Å². The molecule has 0 atom stereocenters. The highest BCUT2D eigenvalue weighted by molar-refractivity contribution is 5.33. The molecule has 2 nitrogen and oxygen atoms in total. The molecule has 2 aromatic rings. The van der Waals surface area contributed by atoms with Crippen LogP contribution in [-0.4, -0.2) is 4.68 Å². The quantitative estimate of drug-likeness (QED) is 0.806. The Morgan fingerprint density at radius 2 is 1.80 bits per heavy atom. The summed E-state index contributed by atoms with van der Waals surface area (Å²) in [6, 6.07) is 10.4. The summed E-state index contributed by atoms with van der Waals surface area (Å²) in [7, 11) is 0. The molecule has 2 rings (SSSR count). The third-order valence-electron chi connectivity index (χ3n) is 2.77. The molecule has 0 aliphatic heterocycles. The number of hydrogen-bond acceptors (Lipinski definition) is 1. The molecule has 0 saturated carbocycles. The molecule has 2 heteroatoms. The number of nitrogens with zero attached hydrogens (tertiary/aromatic N) is 1. The first-order valence-electron chi connectivity index (χ1n) is 5.19. The molecule has 15 heavy (non-hydrogen) atoms. The van der Waals surface area contributed by atoms with Gasteiger partial charge in [0.25, 0.3) is 0 Å². The number of hydrogen-bond donors (Lipinski definition) is 1. The van der Waals surface area contributed by atoms with E-state index in [-0.39, 0.29) is 0 Å². The van der Waals surface area contributed by atoms with Crippen LogP contribution in [-0.2, 0) is 6.54 Å². The smallest absolute Gasteiger partial charge is 0.0566 e. The Balaban J connectivity index is 2.08. The summed E-state index contributed by atoms with van der Waals surface area (Å²) >= 11 is 0. The predicted octanol–water partition coefficient (Wildman–Crippen LogP) is 2.85. The Morgan fingerprint density at radius 3 is 2.53 bits per heavy atom. The van der Waals surface area contributed by atoms with Gasteiger partial charge in [-0.25, -0.2) is 0 Å². The van der Waals surface area contributed by atoms with E-state index in [4.69, 9.17) is 0 Å². The van der Waals surface area contributed by atoms with Gasteiger partial charge in [0.05, 0.1) is 6.54 Å². The highest BCUT2D eigenvalue weighted by atomic mass is 15.4. The van der Waals surface area contributed by atoms with Gasteiger partial charge in [0, 0.05) is 12.4 Å². The SMILES string of the molecule is Cc1cccc(CNn2cccc2)c1C. The maximum atomic E-state index is 3.33. The Bertz CT molecular complexity index is 430. The van der Waals surface area contributed by atoms with Crippen molar-refractivity contribution in [1.29, 1.82) is 0 Å². The van der Waals surface area contributed by atoms with Crippen molar-refractivity contribution in [3.8, 4) is 0 Å². The minimum atomic E-state index is 0.863. The summed E-state index contributed by atoms with van der Waals surface area (Å²) in [5, 5.41) is 0. The van der Waals surface area contributed by atoms with E-state index in [1.807, 2.05) is 29.2 Å². The first-order chi connectivity index (χ1) is 7.27. The van der Waals surface area contributed by atoms with Gasteiger partial charge in [0.15, 0.2) is 0 Å². The second kappa shape index (κ2) is 4.22. The van der Waals surface area contributed by atoms with Crippen LogP contribution in [0.1, 0.15) is 16.7 Å². The highest BCUT2D eigenvalue weighted by Gasteiger charge is 1.99. The van der Waals surface area contributed by atoms with E-state index in [1.54, 1.807) is 0 Å². The first kappa shape index (κ1) is 9.84. The number of rotatable bonds is 3. The van der Waals surface area contributed by atoms with Crippen LogP contribution >= 0.6 is 0 Å². The number of nitrogens with one attached hydrogen (secondary N) is 1. The van der Waals surface area contributed by atoms with Crippen LogP contribution in [0.25, 0.3) is 0 Å². The van der Waals surface area contributed by atoms with Crippen molar-refractivity contribution in [3.05, 3.63) is 59.4 Å². The van der Waals surface area contributed by atoms with Crippen molar-refractivity contribution >= 4 is 0 Å². The standard InChI is InChI=1S/C13H16N2/c1-11-6-5-7-13(12(11)2)10-14-15-8-3-4-9-15/h3-9,14H,10H2,1-2H3. The summed E-state index contributed by atoms with van der Waals surface area (Å²) in [5.41, 5.74) is 7.40. The van der Waals surface area contributed by atoms with Crippen LogP contribution in [0.5, 0.6) is 0 Å². The lowest BCUT2D eigenvalue weighted by Gasteiger charge is -2.11. The van der Waals surface area contributed by atoms with Crippen molar-refractivity contribution in [2.24, 2.45) is 0 Å². The van der Waals surface area contributed by atoms with Crippen LogP contribution in [0.15, 0.2) is 42.7 Å². The van der Waals surface area contributed by atoms with Crippen molar-refractivity contribution < 1.29 is 0 Å². The van der Waals surface area contributed by atoms with Crippen LogP contribution in [0, 0.1) is 13.8 Å². The average Bonchev–Trinajstić information content (AvgIpc) is 2.73. The van der Waals surface area contributed by atoms with Crippen molar-refractivity contribution in [2.75, 3.05) is 5.43 Å². The van der Waals surface area contributed by atoms with E-state index in [0.29, 0.717) is 0 Å². The van der Waals surface area contributed by atoms with Crippen LogP contribution < -0.4 is 5.43 Å². The Hall–Kier alpha value is -1.70. The number of aryl methyl sites for hydroxylation is 1. The molecule has 0 bridgehead atoms. The Morgan fingerprint density at radius 1 is 1.07 bits per heavy atom. The average molecular weight is 200 g/mol. The molecule has 0 saturated heterocycles. The topological polar surface area (TPSA) is 17.0 Å². The highest BCUT2D eigenvalue weighted by Crippen LogP contribution is 2.12.